The van der Waals surface area contributed by atoms with E-state index in [-0.39, 0.29) is 82.3 Å². The van der Waals surface area contributed by atoms with Crippen molar-refractivity contribution in [3.63, 3.8) is 0 Å². The Bertz CT molecular complexity index is 682. The minimum absolute atomic E-state index is 0. The van der Waals surface area contributed by atoms with Gasteiger partial charge in [0, 0.05) is 65.4 Å². The molecule has 0 aliphatic carbocycles. The van der Waals surface area contributed by atoms with E-state index in [0.717, 1.165) is 12.1 Å². The molecular weight excluding hydrogens is 404 g/mol. The minimum atomic E-state index is -0.696. The molecule has 8 heteroatoms. The largest absolute Gasteiger partial charge is 0.423 e. The molecule has 0 saturated heterocycles. The number of hydrogen-bond donors (Lipinski definition) is 0. The first kappa shape index (κ1) is 16.9. The van der Waals surface area contributed by atoms with E-state index in [1.165, 1.54) is 16.9 Å². The zero-order valence-corrected chi connectivity index (χ0v) is 15.2. The first-order chi connectivity index (χ1) is 8.25. The van der Waals surface area contributed by atoms with Gasteiger partial charge in [0.2, 0.25) is 0 Å². The fraction of sp³-hybridized carbons (Fsp3) is 0. The quantitative estimate of drug-likeness (QED) is 0.576. The summed E-state index contributed by atoms with van der Waals surface area (Å²) >= 11 is 0. The van der Waals surface area contributed by atoms with Crippen molar-refractivity contribution in [1.82, 2.24) is 19.6 Å². The molecule has 0 fully saturated rings. The van der Waals surface area contributed by atoms with Crippen molar-refractivity contribution in [2.45, 2.75) is 0 Å². The molecule has 2 aromatic heterocycles. The second-order valence-electron chi connectivity index (χ2n) is 3.28. The summed E-state index contributed by atoms with van der Waals surface area (Å²) in [6.45, 7) is 0. The van der Waals surface area contributed by atoms with Crippen molar-refractivity contribution in [1.29, 1.82) is 0 Å². The van der Waals surface area contributed by atoms with Crippen LogP contribution in [-0.4, -0.2) is 19.6 Å². The van der Waals surface area contributed by atoms with Gasteiger partial charge in [-0.1, -0.05) is 6.07 Å². The monoisotopic (exact) mass is 408 g/mol. The van der Waals surface area contributed by atoms with E-state index in [1.807, 2.05) is 0 Å². The Kier molecular flexibility index (Phi) is 6.24. The van der Waals surface area contributed by atoms with E-state index in [0.29, 0.717) is 0 Å². The third-order valence-corrected chi connectivity index (χ3v) is 2.23. The molecule has 2 radical (unpaired) electrons. The van der Waals surface area contributed by atoms with Crippen molar-refractivity contribution in [3.05, 3.63) is 48.6 Å². The first-order valence-corrected chi connectivity index (χ1v) is 4.71. The molecule has 0 atom stereocenters. The van der Waals surface area contributed by atoms with Gasteiger partial charge >= 0.3 is 0 Å². The van der Waals surface area contributed by atoms with Crippen molar-refractivity contribution < 1.29 is 74.2 Å². The summed E-state index contributed by atoms with van der Waals surface area (Å²) in [5.41, 5.74) is -0.156. The fourth-order valence-corrected chi connectivity index (χ4v) is 1.48. The van der Waals surface area contributed by atoms with Crippen molar-refractivity contribution in [2.24, 2.45) is 0 Å². The molecule has 90 valence electrons. The maximum atomic E-state index is 13.5. The number of fused-ring (bicyclic) bond motifs is 1. The summed E-state index contributed by atoms with van der Waals surface area (Å²) in [5, 5.41) is 3.79. The predicted octanol–water partition coefficient (Wildman–Crippen LogP) is 1.66. The van der Waals surface area contributed by atoms with E-state index in [9.17, 15) is 8.78 Å². The Labute approximate surface area is 157 Å². The number of hydrogen-bond acceptors (Lipinski definition) is 3. The molecule has 0 spiro atoms. The summed E-state index contributed by atoms with van der Waals surface area (Å²) in [5.74, 6) is -1.12. The number of nitrogens with zero attached hydrogens (tertiary/aromatic N) is 4. The molecule has 0 aliphatic heterocycles. The van der Waals surface area contributed by atoms with Gasteiger partial charge < -0.3 is 9.50 Å². The molecular formula is C11H4F2N4Y2-2. The zero-order chi connectivity index (χ0) is 11.8. The van der Waals surface area contributed by atoms with Crippen LogP contribution >= 0.6 is 0 Å². The van der Waals surface area contributed by atoms with E-state index in [2.05, 4.69) is 27.5 Å². The Balaban J connectivity index is 0.000000902. The number of benzene rings is 1. The van der Waals surface area contributed by atoms with Crippen LogP contribution in [-0.2, 0) is 65.4 Å². The second-order valence-corrected chi connectivity index (χ2v) is 3.28. The van der Waals surface area contributed by atoms with Gasteiger partial charge in [-0.05, 0) is 12.1 Å². The third kappa shape index (κ3) is 3.30. The molecule has 0 N–H and O–H groups in total. The van der Waals surface area contributed by atoms with Gasteiger partial charge in [-0.25, -0.2) is 14.3 Å². The minimum Gasteiger partial charge on any atom is -0.423 e. The third-order valence-electron chi connectivity index (χ3n) is 2.23. The van der Waals surface area contributed by atoms with Crippen LogP contribution in [0.25, 0.3) is 16.9 Å². The summed E-state index contributed by atoms with van der Waals surface area (Å²) in [6, 6.07) is 3.60. The molecule has 1 aromatic carbocycles. The SMILES string of the molecule is Fc1cccc(F)c1-c1[c-]nc2ncnn2[c-]1.[Y].[Y]. The number of halogens is 2. The standard InChI is InChI=1S/C11H4F2N4.2Y/c12-8-2-1-3-9(13)10(8)7-4-14-11-15-6-16-17(11)5-7;;/h1-3,6H;;/q-2;;. The van der Waals surface area contributed by atoms with E-state index < -0.39 is 11.6 Å². The van der Waals surface area contributed by atoms with E-state index in [1.54, 1.807) is 0 Å². The van der Waals surface area contributed by atoms with Crippen molar-refractivity contribution in [2.75, 3.05) is 0 Å². The topological polar surface area (TPSA) is 43.1 Å². The molecule has 2 heterocycles. The normalized spacial score (nSPS) is 9.79. The first-order valence-electron chi connectivity index (χ1n) is 4.71. The van der Waals surface area contributed by atoms with Crippen LogP contribution in [0.2, 0.25) is 0 Å². The maximum absolute atomic E-state index is 13.5. The van der Waals surface area contributed by atoms with Crippen LogP contribution in [0.4, 0.5) is 8.78 Å². The Morgan fingerprint density at radius 2 is 1.79 bits per heavy atom. The van der Waals surface area contributed by atoms with Crippen LogP contribution in [0.1, 0.15) is 0 Å². The average molecular weight is 408 g/mol. The molecule has 0 amide bonds. The molecule has 0 unspecified atom stereocenters. The van der Waals surface area contributed by atoms with Crippen molar-refractivity contribution in [3.8, 4) is 11.1 Å². The predicted molar refractivity (Wildman–Crippen MR) is 53.8 cm³/mol. The fourth-order valence-electron chi connectivity index (χ4n) is 1.48. The van der Waals surface area contributed by atoms with Gasteiger partial charge in [-0.2, -0.15) is 17.5 Å². The molecule has 19 heavy (non-hydrogen) atoms. The Morgan fingerprint density at radius 1 is 1.11 bits per heavy atom. The molecule has 0 saturated carbocycles. The maximum Gasteiger partial charge on any atom is 0.117 e. The van der Waals surface area contributed by atoms with Crippen molar-refractivity contribution >= 4 is 5.78 Å². The van der Waals surface area contributed by atoms with Crippen LogP contribution in [0, 0.1) is 24.0 Å². The average Bonchev–Trinajstić information content (AvgIpc) is 2.76. The molecule has 3 rings (SSSR count). The number of aromatic nitrogens is 4. The van der Waals surface area contributed by atoms with Gasteiger partial charge in [0.1, 0.15) is 6.33 Å². The van der Waals surface area contributed by atoms with E-state index in [4.69, 9.17) is 0 Å². The molecule has 4 nitrogen and oxygen atoms in total. The van der Waals surface area contributed by atoms with Crippen LogP contribution < -0.4 is 0 Å². The second kappa shape index (κ2) is 7.02. The molecule has 0 aliphatic rings. The summed E-state index contributed by atoms with van der Waals surface area (Å²) in [7, 11) is 0. The summed E-state index contributed by atoms with van der Waals surface area (Å²) in [4.78, 5) is 7.59. The van der Waals surface area contributed by atoms with Crippen LogP contribution in [0.5, 0.6) is 0 Å². The summed E-state index contributed by atoms with van der Waals surface area (Å²) < 4.78 is 28.2. The van der Waals surface area contributed by atoms with Gasteiger partial charge in [-0.15, -0.1) is 5.56 Å². The van der Waals surface area contributed by atoms with Crippen LogP contribution in [0.15, 0.2) is 24.5 Å². The van der Waals surface area contributed by atoms with Gasteiger partial charge in [0.05, 0.1) is 17.4 Å². The molecule has 3 aromatic rings. The van der Waals surface area contributed by atoms with Crippen LogP contribution in [0.3, 0.4) is 0 Å². The Hall–Kier alpha value is -0.162. The molecule has 0 bridgehead atoms. The Morgan fingerprint density at radius 3 is 2.47 bits per heavy atom. The van der Waals surface area contributed by atoms with Gasteiger partial charge in [0.25, 0.3) is 0 Å². The smallest absolute Gasteiger partial charge is 0.117 e. The zero-order valence-electron chi connectivity index (χ0n) is 9.51. The summed E-state index contributed by atoms with van der Waals surface area (Å²) in [6.07, 6.45) is 6.41. The van der Waals surface area contributed by atoms with Gasteiger partial charge in [-0.3, -0.25) is 4.98 Å². The van der Waals surface area contributed by atoms with E-state index >= 15 is 0 Å². The van der Waals surface area contributed by atoms with Gasteiger partial charge in [0.15, 0.2) is 0 Å². The number of rotatable bonds is 1.